The van der Waals surface area contributed by atoms with Crippen LogP contribution in [0.25, 0.3) is 11.0 Å². The number of anilines is 1. The van der Waals surface area contributed by atoms with Crippen LogP contribution in [0.4, 0.5) is 23.7 Å². The first-order valence-corrected chi connectivity index (χ1v) is 9.10. The van der Waals surface area contributed by atoms with E-state index in [1.807, 2.05) is 0 Å². The molecule has 0 aliphatic rings. The van der Waals surface area contributed by atoms with Crippen molar-refractivity contribution >= 4 is 22.8 Å². The summed E-state index contributed by atoms with van der Waals surface area (Å²) in [6.45, 7) is 2.00. The van der Waals surface area contributed by atoms with Crippen LogP contribution in [0, 0.1) is 6.92 Å². The number of carbonyl (C=O) groups excluding carboxylic acids is 1. The Balaban J connectivity index is 1.89. The molecule has 2 amide bonds. The second kappa shape index (κ2) is 8.44. The van der Waals surface area contributed by atoms with Crippen LogP contribution >= 0.6 is 0 Å². The highest BCUT2D eigenvalue weighted by molar-refractivity contribution is 5.82. The molecule has 10 heteroatoms. The maximum absolute atomic E-state index is 12.9. The average Bonchev–Trinajstić information content (AvgIpc) is 2.67. The van der Waals surface area contributed by atoms with Gasteiger partial charge < -0.3 is 21.4 Å². The molecule has 0 aliphatic heterocycles. The van der Waals surface area contributed by atoms with Gasteiger partial charge in [0.05, 0.1) is 16.6 Å². The maximum atomic E-state index is 12.9. The molecule has 158 valence electrons. The lowest BCUT2D eigenvalue weighted by molar-refractivity contribution is -0.137. The molecular formula is C20H20F3N5O2. The number of primary amides is 1. The number of fused-ring (bicyclic) bond motifs is 1. The molecule has 0 aliphatic carbocycles. The van der Waals surface area contributed by atoms with Crippen LogP contribution in [0.2, 0.25) is 0 Å². The lowest BCUT2D eigenvalue weighted by atomic mass is 10.1. The second-order valence-corrected chi connectivity index (χ2v) is 6.78. The summed E-state index contributed by atoms with van der Waals surface area (Å²) in [6.07, 6.45) is -4.01. The Bertz CT molecular complexity index is 1140. The largest absolute Gasteiger partial charge is 0.416 e. The van der Waals surface area contributed by atoms with Gasteiger partial charge in [-0.05, 0) is 48.7 Å². The van der Waals surface area contributed by atoms with Crippen molar-refractivity contribution < 1.29 is 18.0 Å². The number of aromatic nitrogens is 2. The summed E-state index contributed by atoms with van der Waals surface area (Å²) in [4.78, 5) is 30.0. The van der Waals surface area contributed by atoms with E-state index < -0.39 is 17.8 Å². The van der Waals surface area contributed by atoms with Crippen molar-refractivity contribution in [1.29, 1.82) is 0 Å². The van der Waals surface area contributed by atoms with Gasteiger partial charge in [0.15, 0.2) is 0 Å². The van der Waals surface area contributed by atoms with Crippen molar-refractivity contribution in [2.45, 2.75) is 26.1 Å². The number of amides is 2. The number of benzene rings is 2. The second-order valence-electron chi connectivity index (χ2n) is 6.78. The Kier molecular flexibility index (Phi) is 5.95. The molecule has 7 nitrogen and oxygen atoms in total. The first-order chi connectivity index (χ1) is 14.1. The number of halogens is 3. The van der Waals surface area contributed by atoms with Crippen molar-refractivity contribution in [3.05, 3.63) is 69.1 Å². The van der Waals surface area contributed by atoms with Gasteiger partial charge in [0.2, 0.25) is 0 Å². The SMILES string of the molecule is Cc1nc2c(CCNC(N)=O)cc(NCc3cccc(C(F)(F)F)c3)cc2[nH]c1=O. The average molecular weight is 419 g/mol. The number of nitrogens with zero attached hydrogens (tertiary/aromatic N) is 1. The minimum atomic E-state index is -4.41. The van der Waals surface area contributed by atoms with E-state index in [2.05, 4.69) is 20.6 Å². The van der Waals surface area contributed by atoms with Crippen LogP contribution in [0.1, 0.15) is 22.4 Å². The topological polar surface area (TPSA) is 113 Å². The molecular weight excluding hydrogens is 399 g/mol. The molecule has 0 radical (unpaired) electrons. The monoisotopic (exact) mass is 419 g/mol. The van der Waals surface area contributed by atoms with E-state index in [0.29, 0.717) is 34.4 Å². The minimum Gasteiger partial charge on any atom is -0.381 e. The summed E-state index contributed by atoms with van der Waals surface area (Å²) in [7, 11) is 0. The molecule has 2 aromatic carbocycles. The molecule has 3 aromatic rings. The fourth-order valence-corrected chi connectivity index (χ4v) is 3.03. The molecule has 1 aromatic heterocycles. The number of aromatic amines is 1. The quantitative estimate of drug-likeness (QED) is 0.492. The molecule has 0 spiro atoms. The van der Waals surface area contributed by atoms with E-state index in [1.165, 1.54) is 6.07 Å². The van der Waals surface area contributed by atoms with Crippen molar-refractivity contribution in [1.82, 2.24) is 15.3 Å². The highest BCUT2D eigenvalue weighted by Crippen LogP contribution is 2.30. The number of nitrogens with one attached hydrogen (secondary N) is 3. The van der Waals surface area contributed by atoms with E-state index in [4.69, 9.17) is 5.73 Å². The predicted octanol–water partition coefficient (Wildman–Crippen LogP) is 3.07. The Morgan fingerprint density at radius 2 is 2.00 bits per heavy atom. The van der Waals surface area contributed by atoms with Gasteiger partial charge in [-0.2, -0.15) is 13.2 Å². The molecule has 1 heterocycles. The molecule has 3 rings (SSSR count). The summed E-state index contributed by atoms with van der Waals surface area (Å²) >= 11 is 0. The number of H-pyrrole nitrogens is 1. The summed E-state index contributed by atoms with van der Waals surface area (Å²) in [5.74, 6) is 0. The van der Waals surface area contributed by atoms with Crippen molar-refractivity contribution in [2.24, 2.45) is 5.73 Å². The van der Waals surface area contributed by atoms with Crippen molar-refractivity contribution in [3.8, 4) is 0 Å². The fourth-order valence-electron chi connectivity index (χ4n) is 3.03. The summed E-state index contributed by atoms with van der Waals surface area (Å²) < 4.78 is 38.7. The van der Waals surface area contributed by atoms with Gasteiger partial charge in [0.1, 0.15) is 5.69 Å². The van der Waals surface area contributed by atoms with Crippen LogP contribution in [0.5, 0.6) is 0 Å². The highest BCUT2D eigenvalue weighted by Gasteiger charge is 2.30. The van der Waals surface area contributed by atoms with Crippen molar-refractivity contribution in [2.75, 3.05) is 11.9 Å². The highest BCUT2D eigenvalue weighted by atomic mass is 19.4. The van der Waals surface area contributed by atoms with Crippen LogP contribution in [-0.4, -0.2) is 22.5 Å². The zero-order valence-corrected chi connectivity index (χ0v) is 16.1. The Hall–Kier alpha value is -3.56. The van der Waals surface area contributed by atoms with Gasteiger partial charge in [-0.15, -0.1) is 0 Å². The van der Waals surface area contributed by atoms with Gasteiger partial charge in [-0.25, -0.2) is 9.78 Å². The number of nitrogens with two attached hydrogens (primary N) is 1. The normalized spacial score (nSPS) is 11.5. The molecule has 5 N–H and O–H groups in total. The Labute approximate surface area is 169 Å². The van der Waals surface area contributed by atoms with Gasteiger partial charge in [-0.3, -0.25) is 4.79 Å². The van der Waals surface area contributed by atoms with Gasteiger partial charge in [0, 0.05) is 18.8 Å². The van der Waals surface area contributed by atoms with Crippen LogP contribution < -0.4 is 21.9 Å². The van der Waals surface area contributed by atoms with Gasteiger partial charge >= 0.3 is 12.2 Å². The van der Waals surface area contributed by atoms with Gasteiger partial charge in [-0.1, -0.05) is 12.1 Å². The molecule has 0 unspecified atom stereocenters. The third-order valence-corrected chi connectivity index (χ3v) is 4.49. The zero-order valence-electron chi connectivity index (χ0n) is 16.1. The fraction of sp³-hybridized carbons (Fsp3) is 0.250. The first kappa shape index (κ1) is 21.2. The number of urea groups is 1. The number of hydrogen-bond donors (Lipinski definition) is 4. The van der Waals surface area contributed by atoms with Crippen LogP contribution in [0.15, 0.2) is 41.2 Å². The Morgan fingerprint density at radius 1 is 1.23 bits per heavy atom. The van der Waals surface area contributed by atoms with E-state index in [9.17, 15) is 22.8 Å². The molecule has 0 saturated heterocycles. The van der Waals surface area contributed by atoms with Crippen molar-refractivity contribution in [3.63, 3.8) is 0 Å². The minimum absolute atomic E-state index is 0.151. The number of alkyl halides is 3. The first-order valence-electron chi connectivity index (χ1n) is 9.10. The number of carbonyl (C=O) groups is 1. The van der Waals surface area contributed by atoms with E-state index in [0.717, 1.165) is 17.7 Å². The summed E-state index contributed by atoms with van der Waals surface area (Å²) in [5.41, 5.74) is 7.18. The molecule has 0 atom stereocenters. The molecule has 0 saturated carbocycles. The summed E-state index contributed by atoms with van der Waals surface area (Å²) in [5, 5.41) is 5.57. The predicted molar refractivity (Wildman–Crippen MR) is 107 cm³/mol. The molecule has 0 bridgehead atoms. The lowest BCUT2D eigenvalue weighted by Gasteiger charge is -2.13. The third kappa shape index (κ3) is 5.07. The van der Waals surface area contributed by atoms with E-state index in [1.54, 1.807) is 25.1 Å². The zero-order chi connectivity index (χ0) is 21.9. The number of aryl methyl sites for hydroxylation is 1. The van der Waals surface area contributed by atoms with Gasteiger partial charge in [0.25, 0.3) is 5.56 Å². The molecule has 0 fully saturated rings. The Morgan fingerprint density at radius 3 is 2.70 bits per heavy atom. The standard InChI is InChI=1S/C20H20F3N5O2/c1-11-18(29)28-16-9-15(8-13(17(16)27-11)5-6-25-19(24)30)26-10-12-3-2-4-14(7-12)20(21,22)23/h2-4,7-9,26H,5-6,10H2,1H3,(H,28,29)(H3,24,25,30). The third-order valence-electron chi connectivity index (χ3n) is 4.49. The summed E-state index contributed by atoms with van der Waals surface area (Å²) in [6, 6.07) is 7.83. The number of rotatable bonds is 6. The van der Waals surface area contributed by atoms with E-state index in [-0.39, 0.29) is 18.6 Å². The molecule has 30 heavy (non-hydrogen) atoms. The maximum Gasteiger partial charge on any atom is 0.416 e. The van der Waals surface area contributed by atoms with E-state index >= 15 is 0 Å². The lowest BCUT2D eigenvalue weighted by Crippen LogP contribution is -2.31. The smallest absolute Gasteiger partial charge is 0.381 e. The van der Waals surface area contributed by atoms with Crippen LogP contribution in [-0.2, 0) is 19.1 Å². The van der Waals surface area contributed by atoms with Crippen LogP contribution in [0.3, 0.4) is 0 Å². The number of hydrogen-bond acceptors (Lipinski definition) is 4.